The number of hydrogen-bond acceptors (Lipinski definition) is 5. The summed E-state index contributed by atoms with van der Waals surface area (Å²) in [7, 11) is -10.6. The van der Waals surface area contributed by atoms with Gasteiger partial charge >= 0.3 is 122 Å². The Morgan fingerprint density at radius 2 is 1.57 bits per heavy atom. The quantitative estimate of drug-likeness (QED) is 0.241. The van der Waals surface area contributed by atoms with Gasteiger partial charge in [-0.3, -0.25) is 0 Å². The van der Waals surface area contributed by atoms with E-state index in [0.717, 1.165) is 0 Å². The van der Waals surface area contributed by atoms with Crippen molar-refractivity contribution < 1.29 is 43.1 Å². The molecule has 0 atom stereocenters. The van der Waals surface area contributed by atoms with E-state index in [4.69, 9.17) is 24.3 Å². The second-order valence-electron chi connectivity index (χ2n) is 5.34. The van der Waals surface area contributed by atoms with Gasteiger partial charge in [0.1, 0.15) is 0 Å². The molecule has 0 aliphatic heterocycles. The molecule has 0 heterocycles. The van der Waals surface area contributed by atoms with Gasteiger partial charge in [0.2, 0.25) is 0 Å². The normalized spacial score (nSPS) is 14.9. The van der Waals surface area contributed by atoms with Crippen molar-refractivity contribution in [3.8, 4) is 0 Å². The average Bonchev–Trinajstić information content (AvgIpc) is 2.30. The van der Waals surface area contributed by atoms with Crippen LogP contribution in [0.1, 0.15) is 33.6 Å². The van der Waals surface area contributed by atoms with Crippen LogP contribution in [0.5, 0.6) is 0 Å². The molecule has 0 amide bonds. The summed E-state index contributed by atoms with van der Waals surface area (Å²) in [5.41, 5.74) is -0.722. The summed E-state index contributed by atoms with van der Waals surface area (Å²) in [5.74, 6) is -0.525. The van der Waals surface area contributed by atoms with Crippen LogP contribution in [0.2, 0.25) is 0 Å². The first-order valence-corrected chi connectivity index (χ1v) is 13.3. The summed E-state index contributed by atoms with van der Waals surface area (Å²) in [5, 5.41) is 0. The molecule has 0 spiro atoms. The molecular weight excluding hydrogens is 345 g/mol. The first-order valence-electron chi connectivity index (χ1n) is 6.20. The molecule has 0 bridgehead atoms. The molecule has 0 fully saturated rings. The third-order valence-electron chi connectivity index (χ3n) is 3.26. The van der Waals surface area contributed by atoms with Crippen LogP contribution in [-0.4, -0.2) is 43.2 Å². The molecule has 0 aromatic heterocycles. The van der Waals surface area contributed by atoms with E-state index in [1.165, 1.54) is 0 Å². The van der Waals surface area contributed by atoms with Gasteiger partial charge in [0.05, 0.1) is 0 Å². The van der Waals surface area contributed by atoms with Gasteiger partial charge in [-0.25, -0.2) is 0 Å². The van der Waals surface area contributed by atoms with E-state index in [9.17, 15) is 18.8 Å². The van der Waals surface area contributed by atoms with Gasteiger partial charge in [-0.15, -0.1) is 0 Å². The van der Waals surface area contributed by atoms with Crippen molar-refractivity contribution in [3.63, 3.8) is 0 Å². The van der Waals surface area contributed by atoms with Crippen LogP contribution in [0.15, 0.2) is 0 Å². The van der Waals surface area contributed by atoms with E-state index in [0.29, 0.717) is 6.42 Å². The average molecular weight is 368 g/mol. The second-order valence-corrected chi connectivity index (χ2v) is 18.6. The third kappa shape index (κ3) is 5.38. The Morgan fingerprint density at radius 3 is 1.90 bits per heavy atom. The van der Waals surface area contributed by atoms with Crippen molar-refractivity contribution in [3.05, 3.63) is 0 Å². The van der Waals surface area contributed by atoms with Crippen LogP contribution in [0.3, 0.4) is 0 Å². The predicted molar refractivity (Wildman–Crippen MR) is 79.1 cm³/mol. The summed E-state index contributed by atoms with van der Waals surface area (Å²) in [6.07, 6.45) is -0.485. The van der Waals surface area contributed by atoms with E-state index >= 15 is 0 Å². The minimum atomic E-state index is -5.32. The zero-order valence-corrected chi connectivity index (χ0v) is 14.9. The molecule has 0 saturated carbocycles. The number of rotatable bonds is 8. The maximum absolute atomic E-state index is 11.6. The summed E-state index contributed by atoms with van der Waals surface area (Å²) < 4.78 is 27.2. The fraction of sp³-hybridized carbons (Fsp3) is 0.889. The molecule has 12 heteroatoms. The minimum absolute atomic E-state index is 0.246. The van der Waals surface area contributed by atoms with E-state index in [1.54, 1.807) is 20.8 Å². The summed E-state index contributed by atoms with van der Waals surface area (Å²) in [4.78, 5) is 57.2. The van der Waals surface area contributed by atoms with Gasteiger partial charge in [-0.1, -0.05) is 0 Å². The van der Waals surface area contributed by atoms with Crippen LogP contribution in [0, 0.1) is 5.41 Å². The van der Waals surface area contributed by atoms with Gasteiger partial charge in [0, 0.05) is 0 Å². The molecule has 21 heavy (non-hydrogen) atoms. The fourth-order valence-corrected chi connectivity index (χ4v) is 9.58. The first kappa shape index (κ1) is 21.2. The van der Waals surface area contributed by atoms with Crippen molar-refractivity contribution in [2.45, 2.75) is 33.6 Å². The molecule has 0 aliphatic rings. The van der Waals surface area contributed by atoms with Crippen molar-refractivity contribution in [1.82, 2.24) is 0 Å². The topological polar surface area (TPSA) is 162 Å². The molecule has 9 nitrogen and oxygen atoms in total. The SMILES string of the molecule is CCC(C)(C)C(=O)OCCC[PH](O)(P(=O)(O)O)P(=O)(O)O. The Bertz CT molecular complexity index is 441. The van der Waals surface area contributed by atoms with E-state index in [-0.39, 0.29) is 13.0 Å². The second kappa shape index (κ2) is 7.16. The Hall–Kier alpha value is 0.160. The van der Waals surface area contributed by atoms with Crippen LogP contribution >= 0.6 is 21.4 Å². The maximum atomic E-state index is 11.6. The van der Waals surface area contributed by atoms with Crippen LogP contribution in [0.4, 0.5) is 0 Å². The monoisotopic (exact) mass is 368 g/mol. The molecule has 0 unspecified atom stereocenters. The first-order chi connectivity index (χ1) is 9.19. The molecule has 128 valence electrons. The molecule has 0 saturated heterocycles. The number of carbonyl (C=O) groups is 1. The van der Waals surface area contributed by atoms with Crippen molar-refractivity contribution >= 4 is 27.4 Å². The van der Waals surface area contributed by atoms with E-state index in [1.807, 2.05) is 0 Å². The molecular formula is C9H23O9P3. The molecule has 0 aromatic carbocycles. The third-order valence-corrected chi connectivity index (χ3v) is 17.8. The van der Waals surface area contributed by atoms with E-state index in [2.05, 4.69) is 0 Å². The Labute approximate surface area is 123 Å². The summed E-state index contributed by atoms with van der Waals surface area (Å²) in [6.45, 7) is -0.314. The summed E-state index contributed by atoms with van der Waals surface area (Å²) >= 11 is 0. The molecule has 0 aliphatic carbocycles. The number of hydrogen-bond donors (Lipinski definition) is 5. The van der Waals surface area contributed by atoms with Gasteiger partial charge in [-0.05, 0) is 0 Å². The Morgan fingerprint density at radius 1 is 1.14 bits per heavy atom. The van der Waals surface area contributed by atoms with Crippen LogP contribution in [0.25, 0.3) is 0 Å². The van der Waals surface area contributed by atoms with Crippen LogP contribution in [-0.2, 0) is 18.7 Å². The number of ether oxygens (including phenoxy) is 1. The molecule has 5 N–H and O–H groups in total. The number of esters is 1. The Kier molecular flexibility index (Phi) is 7.21. The summed E-state index contributed by atoms with van der Waals surface area (Å²) in [6, 6.07) is 0. The molecule has 0 aromatic rings. The fourth-order valence-electron chi connectivity index (χ4n) is 1.27. The van der Waals surface area contributed by atoms with Gasteiger partial charge in [0.15, 0.2) is 0 Å². The Balaban J connectivity index is 4.68. The zero-order chi connectivity index (χ0) is 17.1. The standard InChI is InChI=1S/C9H23O9P3/c1-4-9(2,3)8(10)18-6-5-7-19(11,20(12,13)14)21(15,16)17/h11,19H,4-7H2,1-3H3,(H2,12,13,14)(H2,15,16,17). The van der Waals surface area contributed by atoms with Gasteiger partial charge in [0.25, 0.3) is 0 Å². The van der Waals surface area contributed by atoms with Crippen molar-refractivity contribution in [2.24, 2.45) is 5.41 Å². The van der Waals surface area contributed by atoms with E-state index < -0.39 is 39.0 Å². The predicted octanol–water partition coefficient (Wildman–Crippen LogP) is 1.20. The van der Waals surface area contributed by atoms with Crippen molar-refractivity contribution in [2.75, 3.05) is 12.8 Å². The molecule has 0 rings (SSSR count). The zero-order valence-electron chi connectivity index (χ0n) is 12.1. The molecule has 0 radical (unpaired) electrons. The van der Waals surface area contributed by atoms with Crippen molar-refractivity contribution in [1.29, 1.82) is 0 Å². The van der Waals surface area contributed by atoms with Gasteiger partial charge in [-0.2, -0.15) is 0 Å². The number of carbonyl (C=O) groups excluding carboxylic acids is 1. The van der Waals surface area contributed by atoms with Crippen LogP contribution < -0.4 is 0 Å². The van der Waals surface area contributed by atoms with Gasteiger partial charge < -0.3 is 0 Å².